The monoisotopic (exact) mass is 453 g/mol. The molecule has 0 aromatic heterocycles. The Labute approximate surface area is 168 Å². The lowest BCUT2D eigenvalue weighted by atomic mass is 10.3. The van der Waals surface area contributed by atoms with Gasteiger partial charge in [0.2, 0.25) is 34.8 Å². The van der Waals surface area contributed by atoms with E-state index in [1.54, 1.807) is 6.07 Å². The van der Waals surface area contributed by atoms with E-state index in [4.69, 9.17) is 9.05 Å². The largest absolute Gasteiger partial charge is 0.516 e. The number of para-hydroxylation sites is 1. The van der Waals surface area contributed by atoms with Crippen molar-refractivity contribution >= 4 is 13.7 Å². The number of benzene rings is 2. The van der Waals surface area contributed by atoms with E-state index in [1.165, 1.54) is 38.1 Å². The third-order valence-corrected chi connectivity index (χ3v) is 6.14. The first-order valence-corrected chi connectivity index (χ1v) is 9.97. The minimum absolute atomic E-state index is 0.159. The number of nitrogens with zero attached hydrogens (tertiary/aromatic N) is 1. The van der Waals surface area contributed by atoms with Gasteiger partial charge in [-0.2, -0.15) is 13.5 Å². The predicted molar refractivity (Wildman–Crippen MR) is 95.6 cm³/mol. The average Bonchev–Trinajstić information content (AvgIpc) is 2.68. The van der Waals surface area contributed by atoms with Gasteiger partial charge in [0.15, 0.2) is 0 Å². The fraction of sp³-hybridized carbons (Fsp3) is 0.278. The van der Waals surface area contributed by atoms with E-state index in [1.807, 2.05) is 0 Å². The Balaban J connectivity index is 2.68. The predicted octanol–water partition coefficient (Wildman–Crippen LogP) is 5.13. The van der Waals surface area contributed by atoms with Crippen LogP contribution < -0.4 is 9.05 Å². The molecule has 0 bridgehead atoms. The van der Waals surface area contributed by atoms with E-state index in [-0.39, 0.29) is 5.75 Å². The maximum atomic E-state index is 14.1. The molecule has 1 unspecified atom stereocenters. The van der Waals surface area contributed by atoms with Gasteiger partial charge in [-0.05, 0) is 32.9 Å². The SMILES string of the molecule is CC(C)N(C(C)C(=O)O)[P@](=O)(Oc1ccccc1)Oc1c(F)c(F)c(F)c(F)c1F. The Kier molecular flexibility index (Phi) is 7.10. The molecule has 0 aliphatic rings. The van der Waals surface area contributed by atoms with Crippen molar-refractivity contribution in [2.75, 3.05) is 0 Å². The van der Waals surface area contributed by atoms with Crippen molar-refractivity contribution in [3.05, 3.63) is 59.4 Å². The molecule has 0 radical (unpaired) electrons. The fourth-order valence-electron chi connectivity index (χ4n) is 2.56. The van der Waals surface area contributed by atoms with E-state index in [0.717, 1.165) is 6.92 Å². The van der Waals surface area contributed by atoms with Crippen LogP contribution in [-0.2, 0) is 9.36 Å². The van der Waals surface area contributed by atoms with Gasteiger partial charge in [-0.3, -0.25) is 4.79 Å². The van der Waals surface area contributed by atoms with Crippen LogP contribution in [0.15, 0.2) is 30.3 Å². The second kappa shape index (κ2) is 9.01. The second-order valence-electron chi connectivity index (χ2n) is 6.35. The van der Waals surface area contributed by atoms with Gasteiger partial charge in [0.1, 0.15) is 11.8 Å². The molecule has 0 heterocycles. The smallest absolute Gasteiger partial charge is 0.480 e. The molecule has 2 aromatic carbocycles. The topological polar surface area (TPSA) is 76.1 Å². The fourth-order valence-corrected chi connectivity index (χ4v) is 4.66. The Morgan fingerprint density at radius 2 is 1.37 bits per heavy atom. The van der Waals surface area contributed by atoms with Crippen molar-refractivity contribution in [1.82, 2.24) is 4.67 Å². The average molecular weight is 453 g/mol. The molecule has 2 aromatic rings. The van der Waals surface area contributed by atoms with Crippen LogP contribution in [0, 0.1) is 29.1 Å². The molecule has 12 heteroatoms. The van der Waals surface area contributed by atoms with E-state index in [9.17, 15) is 36.4 Å². The number of carbonyl (C=O) groups is 1. The first-order chi connectivity index (χ1) is 13.9. The number of hydrogen-bond acceptors (Lipinski definition) is 4. The summed E-state index contributed by atoms with van der Waals surface area (Å²) >= 11 is 0. The zero-order valence-corrected chi connectivity index (χ0v) is 16.8. The van der Waals surface area contributed by atoms with Crippen LogP contribution in [0.5, 0.6) is 11.5 Å². The lowest BCUT2D eigenvalue weighted by Crippen LogP contribution is -2.43. The van der Waals surface area contributed by atoms with Gasteiger partial charge in [0, 0.05) is 6.04 Å². The van der Waals surface area contributed by atoms with Crippen LogP contribution in [0.4, 0.5) is 22.0 Å². The molecule has 1 N–H and O–H groups in total. The Bertz CT molecular complexity index is 960. The zero-order valence-electron chi connectivity index (χ0n) is 15.9. The van der Waals surface area contributed by atoms with Gasteiger partial charge in [-0.1, -0.05) is 18.2 Å². The number of carboxylic acids is 1. The molecule has 6 nitrogen and oxygen atoms in total. The van der Waals surface area contributed by atoms with Gasteiger partial charge in [0.25, 0.3) is 0 Å². The van der Waals surface area contributed by atoms with Crippen LogP contribution in [0.1, 0.15) is 20.8 Å². The summed E-state index contributed by atoms with van der Waals surface area (Å²) in [7, 11) is -5.03. The van der Waals surface area contributed by atoms with E-state index in [2.05, 4.69) is 0 Å². The summed E-state index contributed by atoms with van der Waals surface area (Å²) in [6, 6.07) is 4.50. The highest BCUT2D eigenvalue weighted by Gasteiger charge is 2.46. The lowest BCUT2D eigenvalue weighted by molar-refractivity contribution is -0.141. The number of hydrogen-bond donors (Lipinski definition) is 1. The summed E-state index contributed by atoms with van der Waals surface area (Å²) in [5.41, 5.74) is 0. The molecule has 0 amide bonds. The molecular weight excluding hydrogens is 436 g/mol. The van der Waals surface area contributed by atoms with E-state index in [0.29, 0.717) is 4.67 Å². The Morgan fingerprint density at radius 1 is 0.900 bits per heavy atom. The maximum Gasteiger partial charge on any atom is 0.516 e. The van der Waals surface area contributed by atoms with Crippen LogP contribution in [0.2, 0.25) is 0 Å². The number of aliphatic carboxylic acids is 1. The lowest BCUT2D eigenvalue weighted by Gasteiger charge is -2.35. The summed E-state index contributed by atoms with van der Waals surface area (Å²) in [5.74, 6) is -15.3. The highest BCUT2D eigenvalue weighted by atomic mass is 31.2. The number of halogens is 5. The maximum absolute atomic E-state index is 14.1. The summed E-state index contributed by atoms with van der Waals surface area (Å²) < 4.78 is 93.0. The molecule has 0 aliphatic heterocycles. The molecule has 0 aliphatic carbocycles. The number of carboxylic acid groups (broad SMARTS) is 1. The molecule has 164 valence electrons. The molecule has 30 heavy (non-hydrogen) atoms. The van der Waals surface area contributed by atoms with Gasteiger partial charge in [0.05, 0.1) is 0 Å². The summed E-state index contributed by atoms with van der Waals surface area (Å²) in [6.45, 7) is 3.84. The van der Waals surface area contributed by atoms with Gasteiger partial charge < -0.3 is 14.2 Å². The number of rotatable bonds is 8. The van der Waals surface area contributed by atoms with Gasteiger partial charge in [-0.15, -0.1) is 0 Å². The minimum Gasteiger partial charge on any atom is -0.480 e. The van der Waals surface area contributed by atoms with Crippen molar-refractivity contribution in [1.29, 1.82) is 0 Å². The minimum atomic E-state index is -5.03. The molecule has 2 rings (SSSR count). The van der Waals surface area contributed by atoms with Crippen molar-refractivity contribution in [3.63, 3.8) is 0 Å². The van der Waals surface area contributed by atoms with Crippen LogP contribution >= 0.6 is 7.75 Å². The standard InChI is InChI=1S/C18H17F5NO5P/c1-9(2)24(10(3)18(25)26)30(27,28-11-7-5-4-6-8-11)29-17-15(22)13(20)12(19)14(21)16(17)23/h4-10H,1-3H3,(H,25,26)/t10?,30-/m0/s1. The quantitative estimate of drug-likeness (QED) is 0.259. The Hall–Kier alpha value is -2.65. The third-order valence-electron chi connectivity index (χ3n) is 3.91. The highest BCUT2D eigenvalue weighted by Crippen LogP contribution is 2.55. The molecule has 0 saturated heterocycles. The third kappa shape index (κ3) is 4.57. The van der Waals surface area contributed by atoms with E-state index < -0.39 is 60.6 Å². The summed E-state index contributed by atoms with van der Waals surface area (Å²) in [5, 5.41) is 9.34. The zero-order chi connectivity index (χ0) is 22.8. The Morgan fingerprint density at radius 3 is 1.80 bits per heavy atom. The van der Waals surface area contributed by atoms with E-state index >= 15 is 0 Å². The van der Waals surface area contributed by atoms with Crippen LogP contribution in [-0.4, -0.2) is 27.8 Å². The normalized spacial score (nSPS) is 14.5. The van der Waals surface area contributed by atoms with Crippen LogP contribution in [0.25, 0.3) is 0 Å². The molecule has 2 atom stereocenters. The first-order valence-electron chi connectivity index (χ1n) is 8.48. The molecule has 0 saturated carbocycles. The summed E-state index contributed by atoms with van der Waals surface area (Å²) in [4.78, 5) is 11.5. The summed E-state index contributed by atoms with van der Waals surface area (Å²) in [6.07, 6.45) is 0. The molecule has 0 spiro atoms. The van der Waals surface area contributed by atoms with Crippen molar-refractivity contribution in [2.24, 2.45) is 0 Å². The highest BCUT2D eigenvalue weighted by molar-refractivity contribution is 7.52. The molecular formula is C18H17F5NO5P. The molecule has 0 fully saturated rings. The second-order valence-corrected chi connectivity index (χ2v) is 8.12. The van der Waals surface area contributed by atoms with Gasteiger partial charge in [-0.25, -0.2) is 17.7 Å². The van der Waals surface area contributed by atoms with Crippen molar-refractivity contribution in [3.8, 4) is 11.5 Å². The first kappa shape index (κ1) is 23.6. The van der Waals surface area contributed by atoms with Crippen molar-refractivity contribution < 1.29 is 45.5 Å². The van der Waals surface area contributed by atoms with Crippen molar-refractivity contribution in [2.45, 2.75) is 32.9 Å². The van der Waals surface area contributed by atoms with Gasteiger partial charge >= 0.3 is 13.7 Å². The van der Waals surface area contributed by atoms with Crippen LogP contribution in [0.3, 0.4) is 0 Å².